The zero-order valence-corrected chi connectivity index (χ0v) is 16.0. The molecule has 7 heteroatoms. The van der Waals surface area contributed by atoms with Gasteiger partial charge in [0.25, 0.3) is 5.91 Å². The number of fused-ring (bicyclic) bond motifs is 1. The largest absolute Gasteiger partial charge is 0.454 e. The number of benzene rings is 2. The van der Waals surface area contributed by atoms with E-state index in [0.29, 0.717) is 11.5 Å². The zero-order valence-electron chi connectivity index (χ0n) is 13.6. The summed E-state index contributed by atoms with van der Waals surface area (Å²) in [7, 11) is 0. The van der Waals surface area contributed by atoms with E-state index in [-0.39, 0.29) is 18.0 Å². The Balaban J connectivity index is 1.52. The molecule has 1 unspecified atom stereocenters. The molecule has 130 valence electrons. The molecular formula is C18H17BrN2O3S. The molecule has 0 bridgehead atoms. The molecule has 1 atom stereocenters. The molecule has 25 heavy (non-hydrogen) atoms. The maximum absolute atomic E-state index is 12.1. The summed E-state index contributed by atoms with van der Waals surface area (Å²) in [6.45, 7) is 2.09. The van der Waals surface area contributed by atoms with Crippen molar-refractivity contribution in [2.75, 3.05) is 6.79 Å². The summed E-state index contributed by atoms with van der Waals surface area (Å²) in [5.74, 6) is 2.02. The van der Waals surface area contributed by atoms with Crippen LogP contribution < -0.4 is 14.9 Å². The van der Waals surface area contributed by atoms with Crippen LogP contribution in [0.2, 0.25) is 0 Å². The molecular weight excluding hydrogens is 404 g/mol. The molecule has 1 amide bonds. The Kier molecular flexibility index (Phi) is 5.99. The minimum absolute atomic E-state index is 0.131. The maximum Gasteiger partial charge on any atom is 0.252 e. The third-order valence-electron chi connectivity index (χ3n) is 3.58. The van der Waals surface area contributed by atoms with Crippen LogP contribution >= 0.6 is 27.7 Å². The summed E-state index contributed by atoms with van der Waals surface area (Å²) in [5.41, 5.74) is 4.57. The second kappa shape index (κ2) is 8.40. The van der Waals surface area contributed by atoms with Gasteiger partial charge in [-0.1, -0.05) is 30.3 Å². The van der Waals surface area contributed by atoms with Crippen LogP contribution in [0.3, 0.4) is 0 Å². The summed E-state index contributed by atoms with van der Waals surface area (Å²) in [6.07, 6.45) is 1.58. The molecule has 5 nitrogen and oxygen atoms in total. The van der Waals surface area contributed by atoms with Crippen molar-refractivity contribution >= 4 is 39.8 Å². The predicted octanol–water partition coefficient (Wildman–Crippen LogP) is 3.95. The minimum atomic E-state index is -0.197. The van der Waals surface area contributed by atoms with Crippen LogP contribution in [-0.2, 0) is 10.5 Å². The number of hydrogen-bond donors (Lipinski definition) is 1. The highest BCUT2D eigenvalue weighted by Crippen LogP contribution is 2.36. The molecule has 1 heterocycles. The zero-order chi connectivity index (χ0) is 17.6. The van der Waals surface area contributed by atoms with E-state index in [2.05, 4.69) is 26.5 Å². The highest BCUT2D eigenvalue weighted by atomic mass is 79.9. The number of thioether (sulfide) groups is 1. The van der Waals surface area contributed by atoms with Gasteiger partial charge in [0, 0.05) is 15.8 Å². The molecule has 0 aliphatic carbocycles. The van der Waals surface area contributed by atoms with Crippen LogP contribution in [0.15, 0.2) is 52.0 Å². The van der Waals surface area contributed by atoms with Crippen LogP contribution in [0, 0.1) is 0 Å². The number of rotatable bonds is 6. The molecule has 0 radical (unpaired) electrons. The monoisotopic (exact) mass is 420 g/mol. The number of nitrogens with one attached hydrogen (secondary N) is 1. The van der Waals surface area contributed by atoms with Gasteiger partial charge in [-0.2, -0.15) is 5.10 Å². The van der Waals surface area contributed by atoms with Crippen molar-refractivity contribution in [1.29, 1.82) is 0 Å². The lowest BCUT2D eigenvalue weighted by atomic mass is 10.2. The molecule has 0 saturated heterocycles. The molecule has 3 rings (SSSR count). The third kappa shape index (κ3) is 4.76. The van der Waals surface area contributed by atoms with Gasteiger partial charge in [0.2, 0.25) is 6.79 Å². The molecule has 0 aromatic heterocycles. The molecule has 2 aromatic carbocycles. The van der Waals surface area contributed by atoms with Gasteiger partial charge in [0.1, 0.15) is 0 Å². The average Bonchev–Trinajstić information content (AvgIpc) is 3.07. The first kappa shape index (κ1) is 17.8. The van der Waals surface area contributed by atoms with Crippen molar-refractivity contribution in [3.63, 3.8) is 0 Å². The summed E-state index contributed by atoms with van der Waals surface area (Å²) in [4.78, 5) is 12.1. The van der Waals surface area contributed by atoms with Crippen molar-refractivity contribution in [2.45, 2.75) is 17.9 Å². The molecule has 1 aliphatic heterocycles. The lowest BCUT2D eigenvalue weighted by Crippen LogP contribution is -2.27. The van der Waals surface area contributed by atoms with E-state index in [1.165, 1.54) is 5.56 Å². The molecule has 2 aromatic rings. The van der Waals surface area contributed by atoms with Crippen LogP contribution in [0.1, 0.15) is 18.1 Å². The smallest absolute Gasteiger partial charge is 0.252 e. The molecule has 0 spiro atoms. The van der Waals surface area contributed by atoms with Gasteiger partial charge in [-0.3, -0.25) is 4.79 Å². The van der Waals surface area contributed by atoms with E-state index in [1.807, 2.05) is 49.4 Å². The number of hydrazone groups is 1. The first-order valence-corrected chi connectivity index (χ1v) is 9.55. The Labute approximate surface area is 158 Å². The standard InChI is InChI=1S/C18H17BrN2O3S/c1-12(25-10-13-5-3-2-4-6-13)18(22)21-20-9-14-7-16-17(8-15(14)19)24-11-23-16/h2-9,12H,10-11H2,1H3,(H,21,22). The molecule has 1 N–H and O–H groups in total. The lowest BCUT2D eigenvalue weighted by Gasteiger charge is -2.09. The number of amides is 1. The second-order valence-corrected chi connectivity index (χ2v) is 7.58. The van der Waals surface area contributed by atoms with Gasteiger partial charge in [-0.15, -0.1) is 11.8 Å². The van der Waals surface area contributed by atoms with Crippen LogP contribution in [0.4, 0.5) is 0 Å². The number of nitrogens with zero attached hydrogens (tertiary/aromatic N) is 1. The molecule has 1 aliphatic rings. The van der Waals surface area contributed by atoms with Crippen LogP contribution in [0.5, 0.6) is 11.5 Å². The van der Waals surface area contributed by atoms with Gasteiger partial charge in [0.05, 0.1) is 11.5 Å². The van der Waals surface area contributed by atoms with Crippen molar-refractivity contribution in [3.05, 3.63) is 58.1 Å². The van der Waals surface area contributed by atoms with E-state index in [0.717, 1.165) is 15.8 Å². The van der Waals surface area contributed by atoms with Crippen molar-refractivity contribution < 1.29 is 14.3 Å². The highest BCUT2D eigenvalue weighted by molar-refractivity contribution is 9.10. The van der Waals surface area contributed by atoms with Gasteiger partial charge < -0.3 is 9.47 Å². The number of hydrogen-bond acceptors (Lipinski definition) is 5. The van der Waals surface area contributed by atoms with Gasteiger partial charge >= 0.3 is 0 Å². The van der Waals surface area contributed by atoms with E-state index in [9.17, 15) is 4.79 Å². The minimum Gasteiger partial charge on any atom is -0.454 e. The Morgan fingerprint density at radius 3 is 2.80 bits per heavy atom. The first-order valence-electron chi connectivity index (χ1n) is 7.71. The van der Waals surface area contributed by atoms with Crippen LogP contribution in [-0.4, -0.2) is 24.2 Å². The Hall–Kier alpha value is -1.99. The average molecular weight is 421 g/mol. The van der Waals surface area contributed by atoms with Gasteiger partial charge in [0.15, 0.2) is 11.5 Å². The van der Waals surface area contributed by atoms with Crippen molar-refractivity contribution in [1.82, 2.24) is 5.43 Å². The van der Waals surface area contributed by atoms with Gasteiger partial charge in [-0.05, 0) is 40.5 Å². The summed E-state index contributed by atoms with van der Waals surface area (Å²) < 4.78 is 11.5. The van der Waals surface area contributed by atoms with E-state index < -0.39 is 0 Å². The Bertz CT molecular complexity index is 783. The first-order chi connectivity index (χ1) is 12.1. The Morgan fingerprint density at radius 1 is 1.32 bits per heavy atom. The summed E-state index contributed by atoms with van der Waals surface area (Å²) >= 11 is 5.02. The summed E-state index contributed by atoms with van der Waals surface area (Å²) in [6, 6.07) is 13.7. The fourth-order valence-electron chi connectivity index (χ4n) is 2.16. The number of ether oxygens (including phenoxy) is 2. The predicted molar refractivity (Wildman–Crippen MR) is 103 cm³/mol. The number of carbonyl (C=O) groups is 1. The van der Waals surface area contributed by atoms with Crippen molar-refractivity contribution in [3.8, 4) is 11.5 Å². The van der Waals surface area contributed by atoms with E-state index >= 15 is 0 Å². The molecule has 0 saturated carbocycles. The fourth-order valence-corrected chi connectivity index (χ4v) is 3.42. The van der Waals surface area contributed by atoms with Crippen molar-refractivity contribution in [2.24, 2.45) is 5.10 Å². The SMILES string of the molecule is CC(SCc1ccccc1)C(=O)NN=Cc1cc2c(cc1Br)OCO2. The number of halogens is 1. The maximum atomic E-state index is 12.1. The summed E-state index contributed by atoms with van der Waals surface area (Å²) in [5, 5.41) is 3.84. The van der Waals surface area contributed by atoms with Gasteiger partial charge in [-0.25, -0.2) is 5.43 Å². The third-order valence-corrected chi connectivity index (χ3v) is 5.48. The topological polar surface area (TPSA) is 59.9 Å². The lowest BCUT2D eigenvalue weighted by molar-refractivity contribution is -0.120. The van der Waals surface area contributed by atoms with E-state index in [1.54, 1.807) is 18.0 Å². The second-order valence-electron chi connectivity index (χ2n) is 5.40. The molecule has 0 fully saturated rings. The number of carbonyl (C=O) groups excluding carboxylic acids is 1. The highest BCUT2D eigenvalue weighted by Gasteiger charge is 2.16. The van der Waals surface area contributed by atoms with Crippen LogP contribution in [0.25, 0.3) is 0 Å². The fraction of sp³-hybridized carbons (Fsp3) is 0.222. The van der Waals surface area contributed by atoms with E-state index in [4.69, 9.17) is 9.47 Å². The quantitative estimate of drug-likeness (QED) is 0.567. The Morgan fingerprint density at radius 2 is 2.04 bits per heavy atom. The normalized spacial score (nSPS) is 13.8.